The lowest BCUT2D eigenvalue weighted by Crippen LogP contribution is -2.42. The molecule has 1 N–H and O–H groups in total. The molecule has 1 aliphatic heterocycles. The lowest BCUT2D eigenvalue weighted by Gasteiger charge is -2.30. The molecule has 0 bridgehead atoms. The molecule has 1 saturated heterocycles. The van der Waals surface area contributed by atoms with Crippen LogP contribution in [0.25, 0.3) is 0 Å². The van der Waals surface area contributed by atoms with E-state index in [1.165, 1.54) is 12.1 Å². The summed E-state index contributed by atoms with van der Waals surface area (Å²) in [6, 6.07) is 12.4. The number of likely N-dealkylation sites (tertiary alicyclic amines) is 1. The minimum absolute atomic E-state index is 0.0321. The summed E-state index contributed by atoms with van der Waals surface area (Å²) >= 11 is 0. The number of Topliss-reactive ketones (excluding diaryl/α,β-unsaturated/α-hetero) is 1. The van der Waals surface area contributed by atoms with Crippen LogP contribution in [-0.2, 0) is 11.0 Å². The Morgan fingerprint density at radius 1 is 1.09 bits per heavy atom. The van der Waals surface area contributed by atoms with Crippen molar-refractivity contribution in [3.8, 4) is 11.8 Å². The summed E-state index contributed by atoms with van der Waals surface area (Å²) < 4.78 is 38.2. The molecular weight excluding hydrogens is 417 g/mol. The van der Waals surface area contributed by atoms with Gasteiger partial charge in [0.1, 0.15) is 0 Å². The number of alkyl halides is 3. The first-order valence-corrected chi connectivity index (χ1v) is 10.5. The highest BCUT2D eigenvalue weighted by atomic mass is 19.4. The number of amides is 1. The van der Waals surface area contributed by atoms with E-state index in [0.29, 0.717) is 25.9 Å². The molecule has 4 nitrogen and oxygen atoms in total. The van der Waals surface area contributed by atoms with E-state index in [9.17, 15) is 22.8 Å². The Bertz CT molecular complexity index is 1010. The van der Waals surface area contributed by atoms with Crippen molar-refractivity contribution in [2.24, 2.45) is 5.92 Å². The van der Waals surface area contributed by atoms with Gasteiger partial charge in [0.15, 0.2) is 5.78 Å². The third-order valence-electron chi connectivity index (χ3n) is 5.46. The van der Waals surface area contributed by atoms with Crippen LogP contribution < -0.4 is 5.32 Å². The van der Waals surface area contributed by atoms with Crippen molar-refractivity contribution in [1.82, 2.24) is 10.2 Å². The minimum atomic E-state index is -4.41. The molecular formula is C25H25F3N2O2. The highest BCUT2D eigenvalue weighted by molar-refractivity contribution is 5.98. The molecule has 3 rings (SSSR count). The summed E-state index contributed by atoms with van der Waals surface area (Å²) in [5, 5.41) is 2.67. The molecule has 0 spiro atoms. The van der Waals surface area contributed by atoms with E-state index in [1.54, 1.807) is 0 Å². The Kier molecular flexibility index (Phi) is 7.70. The number of nitrogens with one attached hydrogen (secondary N) is 1. The van der Waals surface area contributed by atoms with Crippen molar-refractivity contribution in [3.05, 3.63) is 70.8 Å². The van der Waals surface area contributed by atoms with Gasteiger partial charge in [0.2, 0.25) is 5.91 Å². The Hall–Kier alpha value is -3.11. The lowest BCUT2D eigenvalue weighted by atomic mass is 9.88. The zero-order chi connectivity index (χ0) is 23.1. The third-order valence-corrected chi connectivity index (χ3v) is 5.46. The van der Waals surface area contributed by atoms with E-state index in [4.69, 9.17) is 0 Å². The monoisotopic (exact) mass is 442 g/mol. The summed E-state index contributed by atoms with van der Waals surface area (Å²) in [6.45, 7) is 3.56. The molecule has 1 fully saturated rings. The molecule has 7 heteroatoms. The van der Waals surface area contributed by atoms with Gasteiger partial charge in [-0.1, -0.05) is 47.7 Å². The molecule has 0 saturated carbocycles. The van der Waals surface area contributed by atoms with Crippen LogP contribution in [0.1, 0.15) is 39.9 Å². The number of aryl methyl sites for hydroxylation is 1. The van der Waals surface area contributed by atoms with Gasteiger partial charge in [0, 0.05) is 17.0 Å². The molecule has 168 valence electrons. The standard InChI is InChI=1S/C25H25F3N2O2/c1-18-7-9-20(10-8-18)24(32)21-11-14-30(15-12-21)17-23(31)29-13-3-5-19-4-2-6-22(16-19)25(26,27)28/h2,4,6-10,16,21H,11-15,17H2,1H3,(H,29,31). The van der Waals surface area contributed by atoms with E-state index in [-0.39, 0.29) is 36.3 Å². The molecule has 0 atom stereocenters. The van der Waals surface area contributed by atoms with Gasteiger partial charge in [0.05, 0.1) is 18.7 Å². The third kappa shape index (κ3) is 6.69. The first-order valence-electron chi connectivity index (χ1n) is 10.5. The molecule has 1 aliphatic rings. The van der Waals surface area contributed by atoms with E-state index >= 15 is 0 Å². The number of carbonyl (C=O) groups excluding carboxylic acids is 2. The Labute approximate surface area is 185 Å². The Balaban J connectivity index is 1.41. The summed E-state index contributed by atoms with van der Waals surface area (Å²) in [5.74, 6) is 5.24. The maximum Gasteiger partial charge on any atom is 0.416 e. The number of rotatable bonds is 5. The quantitative estimate of drug-likeness (QED) is 0.561. The summed E-state index contributed by atoms with van der Waals surface area (Å²) in [7, 11) is 0. The van der Waals surface area contributed by atoms with Crippen LogP contribution in [0.15, 0.2) is 48.5 Å². The van der Waals surface area contributed by atoms with E-state index in [1.807, 2.05) is 36.1 Å². The highest BCUT2D eigenvalue weighted by Crippen LogP contribution is 2.29. The van der Waals surface area contributed by atoms with Crippen molar-refractivity contribution in [2.75, 3.05) is 26.2 Å². The van der Waals surface area contributed by atoms with Crippen LogP contribution in [0.3, 0.4) is 0 Å². The van der Waals surface area contributed by atoms with Gasteiger partial charge in [-0.25, -0.2) is 0 Å². The molecule has 2 aromatic carbocycles. The second kappa shape index (κ2) is 10.5. The fourth-order valence-electron chi connectivity index (χ4n) is 3.63. The van der Waals surface area contributed by atoms with Crippen molar-refractivity contribution < 1.29 is 22.8 Å². The first kappa shape index (κ1) is 23.6. The van der Waals surface area contributed by atoms with Crippen LogP contribution in [0.2, 0.25) is 0 Å². The molecule has 2 aromatic rings. The first-order chi connectivity index (χ1) is 15.2. The predicted molar refractivity (Wildman–Crippen MR) is 116 cm³/mol. The SMILES string of the molecule is Cc1ccc(C(=O)C2CCN(CC(=O)NCC#Cc3cccc(C(F)(F)F)c3)CC2)cc1. The number of benzene rings is 2. The normalized spacial score (nSPS) is 15.0. The summed E-state index contributed by atoms with van der Waals surface area (Å²) in [4.78, 5) is 26.8. The maximum absolute atomic E-state index is 12.7. The second-order valence-corrected chi connectivity index (χ2v) is 7.94. The van der Waals surface area contributed by atoms with E-state index in [2.05, 4.69) is 17.2 Å². The zero-order valence-electron chi connectivity index (χ0n) is 17.8. The molecule has 0 aromatic heterocycles. The molecule has 0 radical (unpaired) electrons. The summed E-state index contributed by atoms with van der Waals surface area (Å²) in [5.41, 5.74) is 1.33. The molecule has 1 amide bonds. The highest BCUT2D eigenvalue weighted by Gasteiger charge is 2.30. The number of carbonyl (C=O) groups is 2. The van der Waals surface area contributed by atoms with Crippen LogP contribution in [-0.4, -0.2) is 42.8 Å². The Morgan fingerprint density at radius 3 is 2.44 bits per heavy atom. The average Bonchev–Trinajstić information content (AvgIpc) is 2.77. The Morgan fingerprint density at radius 2 is 1.78 bits per heavy atom. The number of nitrogens with zero attached hydrogens (tertiary/aromatic N) is 1. The number of ketones is 1. The molecule has 0 aliphatic carbocycles. The van der Waals surface area contributed by atoms with Crippen molar-refractivity contribution in [1.29, 1.82) is 0 Å². The van der Waals surface area contributed by atoms with Gasteiger partial charge in [-0.15, -0.1) is 0 Å². The van der Waals surface area contributed by atoms with Crippen LogP contribution in [0.4, 0.5) is 13.2 Å². The zero-order valence-corrected chi connectivity index (χ0v) is 17.8. The average molecular weight is 442 g/mol. The topological polar surface area (TPSA) is 49.4 Å². The number of hydrogen-bond acceptors (Lipinski definition) is 3. The maximum atomic E-state index is 12.7. The number of piperidine rings is 1. The number of hydrogen-bond donors (Lipinski definition) is 1. The van der Waals surface area contributed by atoms with Gasteiger partial charge in [0.25, 0.3) is 0 Å². The van der Waals surface area contributed by atoms with Crippen molar-refractivity contribution in [2.45, 2.75) is 25.9 Å². The van der Waals surface area contributed by atoms with Gasteiger partial charge >= 0.3 is 6.18 Å². The smallest absolute Gasteiger partial charge is 0.344 e. The molecule has 0 unspecified atom stereocenters. The van der Waals surface area contributed by atoms with Crippen molar-refractivity contribution >= 4 is 11.7 Å². The fourth-order valence-corrected chi connectivity index (χ4v) is 3.63. The van der Waals surface area contributed by atoms with Crippen LogP contribution in [0.5, 0.6) is 0 Å². The second-order valence-electron chi connectivity index (χ2n) is 7.94. The van der Waals surface area contributed by atoms with Gasteiger partial charge in [-0.05, 0) is 51.1 Å². The van der Waals surface area contributed by atoms with Crippen LogP contribution >= 0.6 is 0 Å². The predicted octanol–water partition coefficient (Wildman–Crippen LogP) is 4.08. The molecule has 32 heavy (non-hydrogen) atoms. The largest absolute Gasteiger partial charge is 0.416 e. The molecule has 1 heterocycles. The summed E-state index contributed by atoms with van der Waals surface area (Å²) in [6.07, 6.45) is -3.01. The van der Waals surface area contributed by atoms with E-state index < -0.39 is 11.7 Å². The number of halogens is 3. The minimum Gasteiger partial charge on any atom is -0.344 e. The van der Waals surface area contributed by atoms with Crippen LogP contribution in [0, 0.1) is 24.7 Å². The van der Waals surface area contributed by atoms with Crippen molar-refractivity contribution in [3.63, 3.8) is 0 Å². The van der Waals surface area contributed by atoms with Gasteiger partial charge in [-0.3, -0.25) is 14.5 Å². The fraction of sp³-hybridized carbons (Fsp3) is 0.360. The van der Waals surface area contributed by atoms with Gasteiger partial charge < -0.3 is 5.32 Å². The van der Waals surface area contributed by atoms with E-state index in [0.717, 1.165) is 23.3 Å². The lowest BCUT2D eigenvalue weighted by molar-refractivity contribution is -0.137. The van der Waals surface area contributed by atoms with Gasteiger partial charge in [-0.2, -0.15) is 13.2 Å².